The minimum atomic E-state index is -0.752. The molecular weight excluding hydrogens is 532 g/mol. The Balaban J connectivity index is 1.41. The largest absolute Gasteiger partial charge is 0.462 e. The zero-order valence-electron chi connectivity index (χ0n) is 27.9. The monoisotopic (exact) mass is 590 g/mol. The number of allylic oxidation sites excluding steroid dienone is 1. The topological polar surface area (TPSA) is 94.5 Å². The van der Waals surface area contributed by atoms with Crippen LogP contribution >= 0.6 is 0 Å². The Morgan fingerprint density at radius 1 is 1.12 bits per heavy atom. The summed E-state index contributed by atoms with van der Waals surface area (Å²) >= 11 is 0. The van der Waals surface area contributed by atoms with E-state index < -0.39 is 17.8 Å². The second-order valence-corrected chi connectivity index (χ2v) is 16.2. The molecule has 5 rings (SSSR count). The molecular formula is C35H58O7. The van der Waals surface area contributed by atoms with Gasteiger partial charge in [0.2, 0.25) is 0 Å². The Kier molecular flexibility index (Phi) is 8.35. The van der Waals surface area contributed by atoms with Gasteiger partial charge in [-0.25, -0.2) is 0 Å². The number of aliphatic hydroxyl groups is 2. The summed E-state index contributed by atoms with van der Waals surface area (Å²) in [6.45, 7) is 19.6. The lowest BCUT2D eigenvalue weighted by Crippen LogP contribution is -2.65. The lowest BCUT2D eigenvalue weighted by molar-refractivity contribution is -0.221. The molecule has 42 heavy (non-hydrogen) atoms. The Morgan fingerprint density at radius 3 is 2.43 bits per heavy atom. The van der Waals surface area contributed by atoms with E-state index in [0.29, 0.717) is 18.4 Å². The Hall–Kier alpha value is -0.990. The molecule has 0 aromatic rings. The van der Waals surface area contributed by atoms with Gasteiger partial charge in [0.05, 0.1) is 17.8 Å². The first-order chi connectivity index (χ1) is 19.5. The van der Waals surface area contributed by atoms with Gasteiger partial charge in [-0.1, -0.05) is 46.3 Å². The van der Waals surface area contributed by atoms with Gasteiger partial charge in [-0.15, -0.1) is 0 Å². The fourth-order valence-corrected chi connectivity index (χ4v) is 11.4. The molecule has 0 aromatic heterocycles. The molecule has 0 aromatic carbocycles. The van der Waals surface area contributed by atoms with E-state index in [1.807, 2.05) is 20.8 Å². The van der Waals surface area contributed by atoms with Crippen LogP contribution in [0.4, 0.5) is 0 Å². The number of aliphatic hydroxyl groups excluding tert-OH is 2. The van der Waals surface area contributed by atoms with Gasteiger partial charge < -0.3 is 29.2 Å². The van der Waals surface area contributed by atoms with Crippen LogP contribution in [0.2, 0.25) is 0 Å². The lowest BCUT2D eigenvalue weighted by Gasteiger charge is -2.68. The fraction of sp³-hybridized carbons (Fsp3) is 0.914. The van der Waals surface area contributed by atoms with Crippen molar-refractivity contribution in [3.63, 3.8) is 0 Å². The van der Waals surface area contributed by atoms with Crippen molar-refractivity contribution in [3.8, 4) is 0 Å². The number of rotatable bonds is 7. The molecule has 7 heteroatoms. The van der Waals surface area contributed by atoms with Crippen LogP contribution in [0.15, 0.2) is 11.6 Å². The van der Waals surface area contributed by atoms with Crippen LogP contribution in [0, 0.1) is 45.3 Å². The molecule has 0 amide bonds. The second kappa shape index (κ2) is 10.8. The van der Waals surface area contributed by atoms with Crippen molar-refractivity contribution >= 4 is 5.97 Å². The zero-order chi connectivity index (χ0) is 31.0. The molecule has 0 unspecified atom stereocenters. The third-order valence-corrected chi connectivity index (χ3v) is 13.5. The summed E-state index contributed by atoms with van der Waals surface area (Å²) in [6.07, 6.45) is 6.81. The molecule has 3 saturated carbocycles. The van der Waals surface area contributed by atoms with Crippen LogP contribution in [0.1, 0.15) is 107 Å². The van der Waals surface area contributed by atoms with E-state index >= 15 is 0 Å². The number of fused-ring (bicyclic) bond motifs is 5. The van der Waals surface area contributed by atoms with Gasteiger partial charge in [0, 0.05) is 37.4 Å². The van der Waals surface area contributed by atoms with Gasteiger partial charge in [-0.3, -0.25) is 4.79 Å². The fourth-order valence-electron chi connectivity index (χ4n) is 11.4. The summed E-state index contributed by atoms with van der Waals surface area (Å²) in [4.78, 5) is 11.9. The van der Waals surface area contributed by atoms with Crippen LogP contribution in [0.25, 0.3) is 0 Å². The Morgan fingerprint density at radius 2 is 1.81 bits per heavy atom. The molecule has 1 aliphatic heterocycles. The van der Waals surface area contributed by atoms with E-state index in [1.165, 1.54) is 12.5 Å². The van der Waals surface area contributed by atoms with Crippen molar-refractivity contribution in [2.45, 2.75) is 144 Å². The van der Waals surface area contributed by atoms with Gasteiger partial charge in [0.1, 0.15) is 12.2 Å². The van der Waals surface area contributed by atoms with Crippen molar-refractivity contribution < 1.29 is 34.0 Å². The molecule has 1 saturated heterocycles. The number of carbonyl (C=O) groups is 1. The number of hydrogen-bond acceptors (Lipinski definition) is 7. The second-order valence-electron chi connectivity index (χ2n) is 16.2. The van der Waals surface area contributed by atoms with Crippen LogP contribution < -0.4 is 0 Å². The van der Waals surface area contributed by atoms with Crippen molar-refractivity contribution in [2.24, 2.45) is 45.3 Å². The van der Waals surface area contributed by atoms with Gasteiger partial charge in [0.15, 0.2) is 6.29 Å². The predicted molar refractivity (Wildman–Crippen MR) is 161 cm³/mol. The summed E-state index contributed by atoms with van der Waals surface area (Å²) in [5.74, 6) is 0.879. The molecule has 4 aliphatic carbocycles. The van der Waals surface area contributed by atoms with Crippen molar-refractivity contribution in [3.05, 3.63) is 11.6 Å². The molecule has 240 valence electrons. The summed E-state index contributed by atoms with van der Waals surface area (Å²) in [7, 11) is 1.71. The molecule has 0 radical (unpaired) electrons. The van der Waals surface area contributed by atoms with E-state index in [0.717, 1.165) is 44.9 Å². The highest BCUT2D eigenvalue weighted by molar-refractivity contribution is 5.66. The maximum atomic E-state index is 12.1. The van der Waals surface area contributed by atoms with Gasteiger partial charge in [-0.05, 0) is 94.3 Å². The number of hydrogen-bond donors (Lipinski definition) is 2. The molecule has 0 spiro atoms. The molecule has 12 atom stereocenters. The maximum Gasteiger partial charge on any atom is 0.302 e. The standard InChI is InChI=1S/C35H58O7/c1-11-40-32(5,6)29(38)23-18-21(30(39-10)42-23)22-12-13-24-33(22,7)16-14-25-34(8)17-15-28(41-20(2)36)31(3,4)26(34)19-27(37)35(24,25)9/h13,21-23,25-30,37-38H,11-12,14-19H2,1-10H3/t21-,22-,23+,25+,26-,27+,28+,29-,30-,33-,34+,35-/m0/s1. The third-order valence-electron chi connectivity index (χ3n) is 13.5. The summed E-state index contributed by atoms with van der Waals surface area (Å²) in [5, 5.41) is 23.4. The van der Waals surface area contributed by atoms with E-state index in [2.05, 4.69) is 40.7 Å². The Labute approximate surface area is 254 Å². The van der Waals surface area contributed by atoms with Crippen LogP contribution in [0.5, 0.6) is 0 Å². The van der Waals surface area contributed by atoms with Gasteiger partial charge >= 0.3 is 5.97 Å². The number of carbonyl (C=O) groups excluding carboxylic acids is 1. The van der Waals surface area contributed by atoms with Crippen molar-refractivity contribution in [1.82, 2.24) is 0 Å². The van der Waals surface area contributed by atoms with Crippen molar-refractivity contribution in [2.75, 3.05) is 13.7 Å². The molecule has 0 bridgehead atoms. The van der Waals surface area contributed by atoms with Crippen LogP contribution in [-0.2, 0) is 23.7 Å². The first-order valence-corrected chi connectivity index (χ1v) is 16.5. The third kappa shape index (κ3) is 4.66. The highest BCUT2D eigenvalue weighted by Gasteiger charge is 2.69. The number of ether oxygens (including phenoxy) is 4. The average molecular weight is 591 g/mol. The first-order valence-electron chi connectivity index (χ1n) is 16.5. The minimum Gasteiger partial charge on any atom is -0.462 e. The zero-order valence-corrected chi connectivity index (χ0v) is 27.9. The predicted octanol–water partition coefficient (Wildman–Crippen LogP) is 6.05. The highest BCUT2D eigenvalue weighted by atomic mass is 16.7. The summed E-state index contributed by atoms with van der Waals surface area (Å²) in [6, 6.07) is 0. The molecule has 4 fully saturated rings. The van der Waals surface area contributed by atoms with Crippen LogP contribution in [-0.4, -0.2) is 66.2 Å². The first kappa shape index (κ1) is 32.4. The number of methoxy groups -OCH3 is 1. The molecule has 1 heterocycles. The molecule has 2 N–H and O–H groups in total. The molecule has 7 nitrogen and oxygen atoms in total. The quantitative estimate of drug-likeness (QED) is 0.275. The molecule has 5 aliphatic rings. The Bertz CT molecular complexity index is 1070. The smallest absolute Gasteiger partial charge is 0.302 e. The highest BCUT2D eigenvalue weighted by Crippen LogP contribution is 2.73. The summed E-state index contributed by atoms with van der Waals surface area (Å²) < 4.78 is 24.1. The van der Waals surface area contributed by atoms with Crippen LogP contribution in [0.3, 0.4) is 0 Å². The minimum absolute atomic E-state index is 0.0555. The van der Waals surface area contributed by atoms with E-state index in [9.17, 15) is 15.0 Å². The number of esters is 1. The van der Waals surface area contributed by atoms with E-state index in [4.69, 9.17) is 18.9 Å². The SMILES string of the molecule is CCOC(C)(C)[C@@H](O)[C@H]1C[C@@H]([C@@H]2CC=C3[C@]4(C)[C@H](O)C[C@H]5C(C)(C)[C@H](OC(C)=O)CC[C@]5(C)[C@H]4CC[C@]32C)[C@@H](OC)O1. The lowest BCUT2D eigenvalue weighted by atomic mass is 9.37. The van der Waals surface area contributed by atoms with Gasteiger partial charge in [0.25, 0.3) is 0 Å². The summed E-state index contributed by atoms with van der Waals surface area (Å²) in [5.41, 5.74) is 0.195. The maximum absolute atomic E-state index is 12.1. The average Bonchev–Trinajstić information content (AvgIpc) is 3.48. The van der Waals surface area contributed by atoms with Gasteiger partial charge in [-0.2, -0.15) is 0 Å². The van der Waals surface area contributed by atoms with E-state index in [-0.39, 0.29) is 58.0 Å². The normalized spacial score (nSPS) is 47.2. The van der Waals surface area contributed by atoms with E-state index in [1.54, 1.807) is 7.11 Å². The van der Waals surface area contributed by atoms with Crippen molar-refractivity contribution in [1.29, 1.82) is 0 Å².